The second kappa shape index (κ2) is 7.19. The van der Waals surface area contributed by atoms with Crippen molar-refractivity contribution in [1.29, 1.82) is 0 Å². The van der Waals surface area contributed by atoms with E-state index in [4.69, 9.17) is 4.42 Å². The van der Waals surface area contributed by atoms with Crippen LogP contribution in [-0.4, -0.2) is 41.3 Å². The molecular formula is C19H22N4O3. The molecule has 1 N–H and O–H groups in total. The molecule has 2 fully saturated rings. The van der Waals surface area contributed by atoms with Crippen LogP contribution in [0.5, 0.6) is 0 Å². The smallest absolute Gasteiger partial charge is 0.229 e. The topological polar surface area (TPSA) is 78.7 Å². The van der Waals surface area contributed by atoms with Crippen LogP contribution in [0.4, 0.5) is 11.5 Å². The van der Waals surface area contributed by atoms with Crippen LogP contribution in [0.15, 0.2) is 41.1 Å². The molecule has 0 radical (unpaired) electrons. The Balaban J connectivity index is 1.33. The number of nitrogens with zero attached hydrogens (tertiary/aromatic N) is 3. The van der Waals surface area contributed by atoms with Crippen molar-refractivity contribution in [3.63, 3.8) is 0 Å². The van der Waals surface area contributed by atoms with Crippen LogP contribution in [0.25, 0.3) is 0 Å². The lowest BCUT2D eigenvalue weighted by atomic mass is 10.1. The number of carbonyl (C=O) groups is 2. The van der Waals surface area contributed by atoms with E-state index in [0.29, 0.717) is 18.8 Å². The van der Waals surface area contributed by atoms with Gasteiger partial charge in [0.2, 0.25) is 11.8 Å². The maximum absolute atomic E-state index is 12.5. The lowest BCUT2D eigenvalue weighted by Crippen LogP contribution is -2.28. The Bertz CT molecular complexity index is 767. The van der Waals surface area contributed by atoms with Crippen LogP contribution < -0.4 is 10.2 Å². The first kappa shape index (κ1) is 16.6. The number of rotatable bonds is 5. The lowest BCUT2D eigenvalue weighted by Gasteiger charge is -2.17. The number of amides is 2. The largest absolute Gasteiger partial charge is 0.467 e. The number of anilines is 2. The molecule has 4 rings (SSSR count). The van der Waals surface area contributed by atoms with Crippen molar-refractivity contribution < 1.29 is 14.0 Å². The zero-order valence-corrected chi connectivity index (χ0v) is 14.6. The number of pyridine rings is 1. The van der Waals surface area contributed by atoms with Gasteiger partial charge in [-0.25, -0.2) is 4.98 Å². The average molecular weight is 354 g/mol. The second-order valence-electron chi connectivity index (χ2n) is 6.84. The Labute approximate surface area is 152 Å². The van der Waals surface area contributed by atoms with Crippen LogP contribution in [0.3, 0.4) is 0 Å². The highest BCUT2D eigenvalue weighted by Crippen LogP contribution is 2.23. The standard InChI is InChI=1S/C19H22N4O3/c24-18-10-14(12-23(18)13-16-4-3-9-26-16)19(25)21-15-5-6-17(20-11-15)22-7-1-2-8-22/h3-6,9,11,14H,1-2,7-8,10,12-13H2,(H,21,25). The van der Waals surface area contributed by atoms with Crippen LogP contribution >= 0.6 is 0 Å². The summed E-state index contributed by atoms with van der Waals surface area (Å²) in [6.07, 6.45) is 5.89. The van der Waals surface area contributed by atoms with Gasteiger partial charge in [0, 0.05) is 26.1 Å². The normalized spacial score (nSPS) is 20.0. The van der Waals surface area contributed by atoms with Gasteiger partial charge in [0.1, 0.15) is 11.6 Å². The molecule has 0 aliphatic carbocycles. The van der Waals surface area contributed by atoms with Crippen LogP contribution in [0.1, 0.15) is 25.0 Å². The zero-order chi connectivity index (χ0) is 17.9. The second-order valence-corrected chi connectivity index (χ2v) is 6.84. The molecular weight excluding hydrogens is 332 g/mol. The summed E-state index contributed by atoms with van der Waals surface area (Å²) in [6, 6.07) is 7.42. The first-order valence-electron chi connectivity index (χ1n) is 9.01. The van der Waals surface area contributed by atoms with Gasteiger partial charge in [-0.05, 0) is 37.1 Å². The number of carbonyl (C=O) groups excluding carboxylic acids is 2. The minimum Gasteiger partial charge on any atom is -0.467 e. The Morgan fingerprint density at radius 2 is 2.12 bits per heavy atom. The number of furan rings is 1. The Hall–Kier alpha value is -2.83. The van der Waals surface area contributed by atoms with E-state index < -0.39 is 0 Å². The summed E-state index contributed by atoms with van der Waals surface area (Å²) >= 11 is 0. The molecule has 1 atom stereocenters. The SMILES string of the molecule is O=C(Nc1ccc(N2CCCC2)nc1)C1CC(=O)N(Cc2ccco2)C1. The van der Waals surface area contributed by atoms with E-state index in [9.17, 15) is 9.59 Å². The molecule has 136 valence electrons. The van der Waals surface area contributed by atoms with Gasteiger partial charge >= 0.3 is 0 Å². The van der Waals surface area contributed by atoms with E-state index >= 15 is 0 Å². The van der Waals surface area contributed by atoms with Crippen molar-refractivity contribution in [1.82, 2.24) is 9.88 Å². The van der Waals surface area contributed by atoms with Gasteiger partial charge in [-0.3, -0.25) is 9.59 Å². The number of aromatic nitrogens is 1. The molecule has 0 bridgehead atoms. The number of likely N-dealkylation sites (tertiary alicyclic amines) is 1. The molecule has 1 unspecified atom stereocenters. The Kier molecular flexibility index (Phi) is 4.60. The average Bonchev–Trinajstić information content (AvgIpc) is 3.39. The quantitative estimate of drug-likeness (QED) is 0.891. The van der Waals surface area contributed by atoms with Crippen LogP contribution in [-0.2, 0) is 16.1 Å². The van der Waals surface area contributed by atoms with Crippen molar-refractivity contribution in [3.05, 3.63) is 42.5 Å². The molecule has 4 heterocycles. The molecule has 7 heteroatoms. The third-order valence-corrected chi connectivity index (χ3v) is 4.96. The monoisotopic (exact) mass is 354 g/mol. The molecule has 26 heavy (non-hydrogen) atoms. The molecule has 0 aromatic carbocycles. The molecule has 2 saturated heterocycles. The third kappa shape index (κ3) is 3.56. The summed E-state index contributed by atoms with van der Waals surface area (Å²) in [5.74, 6) is 1.15. The predicted molar refractivity (Wildman–Crippen MR) is 96.5 cm³/mol. The molecule has 2 aromatic rings. The first-order chi connectivity index (χ1) is 12.7. The Morgan fingerprint density at radius 1 is 1.27 bits per heavy atom. The summed E-state index contributed by atoms with van der Waals surface area (Å²) in [5, 5.41) is 2.88. The van der Waals surface area contributed by atoms with E-state index in [-0.39, 0.29) is 24.2 Å². The van der Waals surface area contributed by atoms with Crippen molar-refractivity contribution >= 4 is 23.3 Å². The van der Waals surface area contributed by atoms with Gasteiger partial charge in [-0.2, -0.15) is 0 Å². The summed E-state index contributed by atoms with van der Waals surface area (Å²) in [4.78, 5) is 33.0. The van der Waals surface area contributed by atoms with E-state index in [2.05, 4.69) is 15.2 Å². The minimum absolute atomic E-state index is 0.0240. The summed E-state index contributed by atoms with van der Waals surface area (Å²) in [6.45, 7) is 2.88. The zero-order valence-electron chi connectivity index (χ0n) is 14.6. The molecule has 7 nitrogen and oxygen atoms in total. The van der Waals surface area contributed by atoms with Gasteiger partial charge in [-0.1, -0.05) is 0 Å². The fraction of sp³-hybridized carbons (Fsp3) is 0.421. The highest BCUT2D eigenvalue weighted by Gasteiger charge is 2.34. The van der Waals surface area contributed by atoms with Crippen molar-refractivity contribution in [2.45, 2.75) is 25.8 Å². The highest BCUT2D eigenvalue weighted by molar-refractivity contribution is 5.97. The molecule has 2 aliphatic rings. The maximum atomic E-state index is 12.5. The molecule has 2 amide bonds. The van der Waals surface area contributed by atoms with Gasteiger partial charge in [0.15, 0.2) is 0 Å². The Morgan fingerprint density at radius 3 is 2.81 bits per heavy atom. The predicted octanol–water partition coefficient (Wildman–Crippen LogP) is 2.26. The van der Waals surface area contributed by atoms with Crippen LogP contribution in [0, 0.1) is 5.92 Å². The van der Waals surface area contributed by atoms with E-state index in [1.165, 1.54) is 12.8 Å². The van der Waals surface area contributed by atoms with E-state index in [1.54, 1.807) is 23.4 Å². The maximum Gasteiger partial charge on any atom is 0.229 e. The number of nitrogens with one attached hydrogen (secondary N) is 1. The van der Waals surface area contributed by atoms with Gasteiger partial charge < -0.3 is 19.5 Å². The van der Waals surface area contributed by atoms with Crippen molar-refractivity contribution in [2.75, 3.05) is 29.9 Å². The molecule has 0 saturated carbocycles. The molecule has 2 aliphatic heterocycles. The van der Waals surface area contributed by atoms with Gasteiger partial charge in [0.25, 0.3) is 0 Å². The molecule has 0 spiro atoms. The van der Waals surface area contributed by atoms with Gasteiger partial charge in [-0.15, -0.1) is 0 Å². The highest BCUT2D eigenvalue weighted by atomic mass is 16.3. The van der Waals surface area contributed by atoms with E-state index in [0.717, 1.165) is 24.7 Å². The lowest BCUT2D eigenvalue weighted by molar-refractivity contribution is -0.128. The third-order valence-electron chi connectivity index (χ3n) is 4.96. The summed E-state index contributed by atoms with van der Waals surface area (Å²) in [7, 11) is 0. The first-order valence-corrected chi connectivity index (χ1v) is 9.01. The fourth-order valence-electron chi connectivity index (χ4n) is 3.53. The van der Waals surface area contributed by atoms with E-state index in [1.807, 2.05) is 18.2 Å². The summed E-state index contributed by atoms with van der Waals surface area (Å²) < 4.78 is 5.28. The van der Waals surface area contributed by atoms with Crippen molar-refractivity contribution in [2.24, 2.45) is 5.92 Å². The summed E-state index contributed by atoms with van der Waals surface area (Å²) in [5.41, 5.74) is 0.662. The number of hydrogen-bond donors (Lipinski definition) is 1. The van der Waals surface area contributed by atoms with Crippen LogP contribution in [0.2, 0.25) is 0 Å². The van der Waals surface area contributed by atoms with Gasteiger partial charge in [0.05, 0.1) is 30.6 Å². The van der Waals surface area contributed by atoms with Crippen molar-refractivity contribution in [3.8, 4) is 0 Å². The number of hydrogen-bond acceptors (Lipinski definition) is 5. The molecule has 2 aromatic heterocycles. The minimum atomic E-state index is -0.351. The fourth-order valence-corrected chi connectivity index (χ4v) is 3.53.